The molecule has 1 unspecified atom stereocenters. The maximum absolute atomic E-state index is 12.0. The minimum Gasteiger partial charge on any atom is -0.370 e. The lowest BCUT2D eigenvalue weighted by atomic mass is 10.2. The van der Waals surface area contributed by atoms with Gasteiger partial charge in [0.2, 0.25) is 0 Å². The van der Waals surface area contributed by atoms with Crippen LogP contribution in [0.15, 0.2) is 30.9 Å². The fraction of sp³-hybridized carbons (Fsp3) is 0.250. The molecule has 0 spiro atoms. The van der Waals surface area contributed by atoms with Gasteiger partial charge >= 0.3 is 0 Å². The van der Waals surface area contributed by atoms with Gasteiger partial charge in [-0.1, -0.05) is 17.7 Å². The summed E-state index contributed by atoms with van der Waals surface area (Å²) in [6, 6.07) is 5.14. The number of ether oxygens (including phenoxy) is 1. The Balaban J connectivity index is 2.33. The Hall–Kier alpha value is -1.96. The molecular formula is C12H14ClN5O2. The summed E-state index contributed by atoms with van der Waals surface area (Å²) in [5.74, 6) is -0.348. The number of carbonyl (C=O) groups is 1. The number of nitrogens with two attached hydrogens (primary N) is 1. The van der Waals surface area contributed by atoms with Crippen molar-refractivity contribution < 1.29 is 9.53 Å². The maximum atomic E-state index is 12.0. The summed E-state index contributed by atoms with van der Waals surface area (Å²) in [6.45, 7) is 0.0849. The van der Waals surface area contributed by atoms with Gasteiger partial charge in [-0.2, -0.15) is 5.10 Å². The van der Waals surface area contributed by atoms with E-state index in [2.05, 4.69) is 15.4 Å². The zero-order valence-corrected chi connectivity index (χ0v) is 11.5. The van der Waals surface area contributed by atoms with Crippen molar-refractivity contribution in [3.8, 4) is 5.69 Å². The smallest absolute Gasteiger partial charge is 0.254 e. The first-order valence-corrected chi connectivity index (χ1v) is 6.22. The first-order chi connectivity index (χ1) is 9.67. The second-order valence-electron chi connectivity index (χ2n) is 3.93. The fourth-order valence-corrected chi connectivity index (χ4v) is 1.96. The molecule has 1 heterocycles. The third kappa shape index (κ3) is 2.96. The number of nitrogens with zero attached hydrogens (tertiary/aromatic N) is 3. The highest BCUT2D eigenvalue weighted by Gasteiger charge is 2.18. The first kappa shape index (κ1) is 14.4. The Bertz CT molecular complexity index is 584. The molecule has 1 atom stereocenters. The van der Waals surface area contributed by atoms with Gasteiger partial charge in [0.05, 0.1) is 10.7 Å². The van der Waals surface area contributed by atoms with Gasteiger partial charge in [0.25, 0.3) is 5.91 Å². The van der Waals surface area contributed by atoms with E-state index in [0.717, 1.165) is 0 Å². The largest absolute Gasteiger partial charge is 0.370 e. The summed E-state index contributed by atoms with van der Waals surface area (Å²) >= 11 is 6.16. The summed E-state index contributed by atoms with van der Waals surface area (Å²) in [4.78, 5) is 15.9. The number of nitrogens with one attached hydrogen (secondary N) is 1. The summed E-state index contributed by atoms with van der Waals surface area (Å²) < 4.78 is 6.46. The van der Waals surface area contributed by atoms with Gasteiger partial charge in [-0.05, 0) is 12.1 Å². The fourth-order valence-electron chi connectivity index (χ4n) is 1.70. The monoisotopic (exact) mass is 295 g/mol. The molecule has 1 amide bonds. The van der Waals surface area contributed by atoms with Crippen LogP contribution in [0, 0.1) is 0 Å². The Labute approximate surface area is 120 Å². The normalized spacial score (nSPS) is 12.2. The van der Waals surface area contributed by atoms with Gasteiger partial charge in [0.1, 0.15) is 24.4 Å². The minimum atomic E-state index is -0.724. The van der Waals surface area contributed by atoms with Gasteiger partial charge < -0.3 is 15.8 Å². The van der Waals surface area contributed by atoms with Gasteiger partial charge in [-0.3, -0.25) is 4.79 Å². The number of para-hydroxylation sites is 1. The second-order valence-corrected chi connectivity index (χ2v) is 4.33. The van der Waals surface area contributed by atoms with Crippen LogP contribution >= 0.6 is 11.6 Å². The summed E-state index contributed by atoms with van der Waals surface area (Å²) in [5.41, 5.74) is 6.50. The number of aromatic nitrogens is 3. The predicted molar refractivity (Wildman–Crippen MR) is 74.9 cm³/mol. The van der Waals surface area contributed by atoms with Crippen LogP contribution in [-0.4, -0.2) is 40.4 Å². The summed E-state index contributed by atoms with van der Waals surface area (Å²) in [5, 5.41) is 7.18. The van der Waals surface area contributed by atoms with Crippen molar-refractivity contribution in [2.45, 2.75) is 6.10 Å². The third-order valence-corrected chi connectivity index (χ3v) is 2.99. The summed E-state index contributed by atoms with van der Waals surface area (Å²) in [7, 11) is 1.42. The van der Waals surface area contributed by atoms with Gasteiger partial charge in [-0.15, -0.1) is 0 Å². The number of halogens is 1. The molecule has 0 aliphatic rings. The average molecular weight is 296 g/mol. The van der Waals surface area contributed by atoms with Crippen LogP contribution in [0.4, 0.5) is 5.69 Å². The van der Waals surface area contributed by atoms with E-state index in [9.17, 15) is 4.79 Å². The van der Waals surface area contributed by atoms with Crippen LogP contribution < -0.4 is 11.1 Å². The lowest BCUT2D eigenvalue weighted by Crippen LogP contribution is -2.36. The number of benzene rings is 1. The van der Waals surface area contributed by atoms with Crippen LogP contribution in [-0.2, 0) is 9.53 Å². The van der Waals surface area contributed by atoms with Crippen molar-refractivity contribution >= 4 is 23.2 Å². The molecule has 1 aromatic heterocycles. The van der Waals surface area contributed by atoms with Crippen molar-refractivity contribution in [1.29, 1.82) is 0 Å². The number of amides is 1. The molecule has 0 aliphatic heterocycles. The number of hydrogen-bond acceptors (Lipinski definition) is 5. The van der Waals surface area contributed by atoms with Gasteiger partial charge in [0, 0.05) is 13.7 Å². The molecule has 0 fully saturated rings. The quantitative estimate of drug-likeness (QED) is 0.852. The number of methoxy groups -OCH3 is 1. The Morgan fingerprint density at radius 2 is 2.40 bits per heavy atom. The van der Waals surface area contributed by atoms with Crippen LogP contribution in [0.5, 0.6) is 0 Å². The van der Waals surface area contributed by atoms with E-state index < -0.39 is 6.10 Å². The molecule has 3 N–H and O–H groups in total. The van der Waals surface area contributed by atoms with Crippen LogP contribution in [0.25, 0.3) is 5.69 Å². The zero-order valence-electron chi connectivity index (χ0n) is 10.8. The highest BCUT2D eigenvalue weighted by molar-refractivity contribution is 6.33. The molecular weight excluding hydrogens is 282 g/mol. The zero-order chi connectivity index (χ0) is 14.5. The van der Waals surface area contributed by atoms with Crippen molar-refractivity contribution in [3.05, 3.63) is 35.9 Å². The van der Waals surface area contributed by atoms with E-state index in [1.165, 1.54) is 24.4 Å². The number of anilines is 1. The third-order valence-electron chi connectivity index (χ3n) is 2.68. The minimum absolute atomic E-state index is 0.0849. The average Bonchev–Trinajstić information content (AvgIpc) is 2.94. The molecule has 7 nitrogen and oxygen atoms in total. The number of hydrogen-bond donors (Lipinski definition) is 2. The molecule has 106 valence electrons. The Morgan fingerprint density at radius 3 is 3.00 bits per heavy atom. The molecule has 1 aromatic carbocycles. The van der Waals surface area contributed by atoms with E-state index >= 15 is 0 Å². The first-order valence-electron chi connectivity index (χ1n) is 5.84. The molecule has 2 rings (SSSR count). The SMILES string of the molecule is COC(CN)C(=O)Nc1cccc(Cl)c1-n1cncn1. The predicted octanol–water partition coefficient (Wildman–Crippen LogP) is 0.833. The van der Waals surface area contributed by atoms with Crippen LogP contribution in [0.3, 0.4) is 0 Å². The molecule has 0 radical (unpaired) electrons. The molecule has 0 saturated carbocycles. The van der Waals surface area contributed by atoms with E-state index in [1.54, 1.807) is 18.2 Å². The lowest BCUT2D eigenvalue weighted by Gasteiger charge is -2.16. The van der Waals surface area contributed by atoms with Gasteiger partial charge in [0.15, 0.2) is 0 Å². The van der Waals surface area contributed by atoms with E-state index in [0.29, 0.717) is 16.4 Å². The van der Waals surface area contributed by atoms with Crippen molar-refractivity contribution in [2.24, 2.45) is 5.73 Å². The van der Waals surface area contributed by atoms with E-state index in [1.807, 2.05) is 0 Å². The van der Waals surface area contributed by atoms with Crippen molar-refractivity contribution in [2.75, 3.05) is 19.0 Å². The maximum Gasteiger partial charge on any atom is 0.254 e. The molecule has 8 heteroatoms. The van der Waals surface area contributed by atoms with E-state index in [4.69, 9.17) is 22.1 Å². The number of rotatable bonds is 5. The lowest BCUT2D eigenvalue weighted by molar-refractivity contribution is -0.125. The van der Waals surface area contributed by atoms with Crippen molar-refractivity contribution in [3.63, 3.8) is 0 Å². The van der Waals surface area contributed by atoms with Crippen LogP contribution in [0.2, 0.25) is 5.02 Å². The molecule has 0 aliphatic carbocycles. The standard InChI is InChI=1S/C12H14ClN5O2/c1-20-10(5-14)12(19)17-9-4-2-3-8(13)11(9)18-7-15-6-16-18/h2-4,6-7,10H,5,14H2,1H3,(H,17,19). The molecule has 2 aromatic rings. The molecule has 20 heavy (non-hydrogen) atoms. The van der Waals surface area contributed by atoms with E-state index in [-0.39, 0.29) is 12.5 Å². The second kappa shape index (κ2) is 6.47. The summed E-state index contributed by atoms with van der Waals surface area (Å²) in [6.07, 6.45) is 2.15. The van der Waals surface area contributed by atoms with Crippen LogP contribution in [0.1, 0.15) is 0 Å². The Kier molecular flexibility index (Phi) is 4.67. The highest BCUT2D eigenvalue weighted by atomic mass is 35.5. The number of carbonyl (C=O) groups excluding carboxylic acids is 1. The molecule has 0 saturated heterocycles. The molecule has 0 bridgehead atoms. The Morgan fingerprint density at radius 1 is 1.60 bits per heavy atom. The van der Waals surface area contributed by atoms with Crippen molar-refractivity contribution in [1.82, 2.24) is 14.8 Å². The highest BCUT2D eigenvalue weighted by Crippen LogP contribution is 2.27. The topological polar surface area (TPSA) is 95.1 Å². The van der Waals surface area contributed by atoms with Gasteiger partial charge in [-0.25, -0.2) is 9.67 Å².